The minimum Gasteiger partial charge on any atom is -0.394 e. The quantitative estimate of drug-likeness (QED) is 0.484. The second-order valence-corrected chi connectivity index (χ2v) is 7.76. The van der Waals surface area contributed by atoms with Crippen LogP contribution in [0, 0.1) is 11.3 Å². The largest absolute Gasteiger partial charge is 0.394 e. The van der Waals surface area contributed by atoms with Crippen LogP contribution in [0.4, 0.5) is 5.69 Å². The minimum absolute atomic E-state index is 0.0461. The molecule has 0 aromatic heterocycles. The lowest BCUT2D eigenvalue weighted by atomic mass is 9.98. The van der Waals surface area contributed by atoms with E-state index < -0.39 is 18.6 Å². The number of hydrogen-bond acceptors (Lipinski definition) is 5. The van der Waals surface area contributed by atoms with Crippen molar-refractivity contribution in [1.82, 2.24) is 5.32 Å². The maximum absolute atomic E-state index is 12.1. The van der Waals surface area contributed by atoms with Crippen molar-refractivity contribution in [2.24, 2.45) is 0 Å². The predicted octanol–water partition coefficient (Wildman–Crippen LogP) is 2.99. The average molecular weight is 408 g/mol. The fourth-order valence-corrected chi connectivity index (χ4v) is 3.97. The number of rotatable bonds is 7. The number of amides is 1. The van der Waals surface area contributed by atoms with E-state index in [1.165, 1.54) is 31.0 Å². The molecule has 1 aliphatic rings. The SMILES string of the molecule is CCC1CCCCN1c1ccc2cc(/C=C(\C#N)C(=O)NCC(O)CO)ccc2c1. The van der Waals surface area contributed by atoms with Gasteiger partial charge >= 0.3 is 0 Å². The zero-order valence-corrected chi connectivity index (χ0v) is 17.3. The van der Waals surface area contributed by atoms with Gasteiger partial charge in [-0.05, 0) is 66.3 Å². The summed E-state index contributed by atoms with van der Waals surface area (Å²) in [6.07, 6.45) is 5.41. The maximum Gasteiger partial charge on any atom is 0.262 e. The lowest BCUT2D eigenvalue weighted by molar-refractivity contribution is -0.117. The Morgan fingerprint density at radius 3 is 2.80 bits per heavy atom. The van der Waals surface area contributed by atoms with Crippen LogP contribution < -0.4 is 10.2 Å². The van der Waals surface area contributed by atoms with Gasteiger partial charge in [-0.2, -0.15) is 5.26 Å². The van der Waals surface area contributed by atoms with Crippen LogP contribution in [0.3, 0.4) is 0 Å². The van der Waals surface area contributed by atoms with Gasteiger partial charge in [0.1, 0.15) is 11.6 Å². The molecule has 2 aromatic rings. The summed E-state index contributed by atoms with van der Waals surface area (Å²) in [4.78, 5) is 14.7. The number of nitriles is 1. The van der Waals surface area contributed by atoms with Crippen LogP contribution in [0.5, 0.6) is 0 Å². The van der Waals surface area contributed by atoms with Crippen LogP contribution in [0.15, 0.2) is 42.0 Å². The molecule has 6 heteroatoms. The van der Waals surface area contributed by atoms with Crippen molar-refractivity contribution in [3.8, 4) is 6.07 Å². The van der Waals surface area contributed by atoms with Gasteiger partial charge in [0.2, 0.25) is 0 Å². The van der Waals surface area contributed by atoms with Crippen LogP contribution in [-0.2, 0) is 4.79 Å². The van der Waals surface area contributed by atoms with E-state index in [1.54, 1.807) is 0 Å². The van der Waals surface area contributed by atoms with Gasteiger partial charge in [-0.25, -0.2) is 0 Å². The number of carbonyl (C=O) groups excluding carboxylic acids is 1. The molecule has 0 radical (unpaired) electrons. The molecule has 2 unspecified atom stereocenters. The summed E-state index contributed by atoms with van der Waals surface area (Å²) in [6.45, 7) is 2.78. The number of aliphatic hydroxyl groups excluding tert-OH is 2. The van der Waals surface area contributed by atoms with E-state index in [-0.39, 0.29) is 12.1 Å². The standard InChI is InChI=1S/C24H29N3O3/c1-2-21-5-3-4-10-27(21)22-9-8-18-11-17(6-7-19(18)13-22)12-20(14-25)24(30)26-15-23(29)16-28/h6-9,11-13,21,23,28-29H,2-5,10,15-16H2,1H3,(H,26,30)/b20-12+. The molecule has 1 saturated heterocycles. The molecule has 1 aliphatic heterocycles. The first-order chi connectivity index (χ1) is 14.5. The number of benzene rings is 2. The number of nitrogens with one attached hydrogen (secondary N) is 1. The average Bonchev–Trinajstić information content (AvgIpc) is 2.80. The van der Waals surface area contributed by atoms with Crippen molar-refractivity contribution in [3.63, 3.8) is 0 Å². The summed E-state index contributed by atoms with van der Waals surface area (Å²) in [5.41, 5.74) is 1.96. The molecule has 30 heavy (non-hydrogen) atoms. The smallest absolute Gasteiger partial charge is 0.262 e. The second-order valence-electron chi connectivity index (χ2n) is 7.76. The Morgan fingerprint density at radius 2 is 2.07 bits per heavy atom. The number of aliphatic hydroxyl groups is 2. The normalized spacial score (nSPS) is 18.1. The molecule has 158 valence electrons. The molecule has 0 spiro atoms. The lowest BCUT2D eigenvalue weighted by Gasteiger charge is -2.37. The van der Waals surface area contributed by atoms with Crippen molar-refractivity contribution < 1.29 is 15.0 Å². The van der Waals surface area contributed by atoms with Gasteiger partial charge in [0, 0.05) is 24.8 Å². The Morgan fingerprint density at radius 1 is 1.30 bits per heavy atom. The Bertz CT molecular complexity index is 964. The third-order valence-electron chi connectivity index (χ3n) is 5.66. The highest BCUT2D eigenvalue weighted by Crippen LogP contribution is 2.29. The third kappa shape index (κ3) is 5.18. The molecule has 0 bridgehead atoms. The number of nitrogens with zero attached hydrogens (tertiary/aromatic N) is 2. The minimum atomic E-state index is -1.05. The summed E-state index contributed by atoms with van der Waals surface area (Å²) >= 11 is 0. The zero-order chi connectivity index (χ0) is 21.5. The first-order valence-corrected chi connectivity index (χ1v) is 10.5. The molecular weight excluding hydrogens is 378 g/mol. The van der Waals surface area contributed by atoms with Crippen LogP contribution in [-0.4, -0.2) is 48.0 Å². The molecule has 3 N–H and O–H groups in total. The fourth-order valence-electron chi connectivity index (χ4n) is 3.97. The molecule has 1 heterocycles. The predicted molar refractivity (Wildman–Crippen MR) is 119 cm³/mol. The number of carbonyl (C=O) groups is 1. The molecule has 0 aliphatic carbocycles. The van der Waals surface area contributed by atoms with Crippen molar-refractivity contribution in [3.05, 3.63) is 47.5 Å². The molecule has 1 fully saturated rings. The zero-order valence-electron chi connectivity index (χ0n) is 17.3. The monoisotopic (exact) mass is 407 g/mol. The maximum atomic E-state index is 12.1. The van der Waals surface area contributed by atoms with E-state index in [9.17, 15) is 15.2 Å². The summed E-state index contributed by atoms with van der Waals surface area (Å²) < 4.78 is 0. The molecule has 2 aromatic carbocycles. The Hall–Kier alpha value is -2.88. The van der Waals surface area contributed by atoms with Crippen molar-refractivity contribution in [2.45, 2.75) is 44.8 Å². The van der Waals surface area contributed by atoms with Gasteiger partial charge in [0.25, 0.3) is 5.91 Å². The lowest BCUT2D eigenvalue weighted by Crippen LogP contribution is -2.39. The fraction of sp³-hybridized carbons (Fsp3) is 0.417. The van der Waals surface area contributed by atoms with Gasteiger partial charge in [0.15, 0.2) is 0 Å². The van der Waals surface area contributed by atoms with Gasteiger partial charge in [-0.1, -0.05) is 25.1 Å². The Kier molecular flexibility index (Phi) is 7.45. The summed E-state index contributed by atoms with van der Waals surface area (Å²) in [5, 5.41) is 32.1. The van der Waals surface area contributed by atoms with Gasteiger partial charge in [-0.15, -0.1) is 0 Å². The first kappa shape index (κ1) is 21.8. The topological polar surface area (TPSA) is 96.6 Å². The Balaban J connectivity index is 1.80. The van der Waals surface area contributed by atoms with Crippen molar-refractivity contribution in [2.75, 3.05) is 24.6 Å². The molecule has 2 atom stereocenters. The van der Waals surface area contributed by atoms with Crippen molar-refractivity contribution in [1.29, 1.82) is 5.26 Å². The number of piperidine rings is 1. The summed E-state index contributed by atoms with van der Waals surface area (Å²) in [7, 11) is 0. The van der Waals surface area contributed by atoms with Crippen molar-refractivity contribution >= 4 is 28.4 Å². The summed E-state index contributed by atoms with van der Waals surface area (Å²) in [5.74, 6) is -0.573. The van der Waals surface area contributed by atoms with Gasteiger partial charge in [-0.3, -0.25) is 4.79 Å². The van der Waals surface area contributed by atoms with E-state index in [2.05, 4.69) is 35.3 Å². The van der Waals surface area contributed by atoms with E-state index in [0.717, 1.165) is 29.3 Å². The molecule has 0 saturated carbocycles. The molecule has 1 amide bonds. The van der Waals surface area contributed by atoms with Crippen LogP contribution >= 0.6 is 0 Å². The van der Waals surface area contributed by atoms with Crippen LogP contribution in [0.25, 0.3) is 16.8 Å². The highest BCUT2D eigenvalue weighted by atomic mass is 16.3. The first-order valence-electron chi connectivity index (χ1n) is 10.5. The van der Waals surface area contributed by atoms with E-state index >= 15 is 0 Å². The Labute approximate surface area is 177 Å². The highest BCUT2D eigenvalue weighted by molar-refractivity contribution is 6.02. The van der Waals surface area contributed by atoms with Crippen LogP contribution in [0.1, 0.15) is 38.2 Å². The highest BCUT2D eigenvalue weighted by Gasteiger charge is 2.21. The molecule has 6 nitrogen and oxygen atoms in total. The van der Waals surface area contributed by atoms with E-state index in [0.29, 0.717) is 6.04 Å². The van der Waals surface area contributed by atoms with Crippen LogP contribution in [0.2, 0.25) is 0 Å². The molecule has 3 rings (SSSR count). The number of hydrogen-bond donors (Lipinski definition) is 3. The summed E-state index contributed by atoms with van der Waals surface area (Å²) in [6, 6.07) is 14.8. The molecular formula is C24H29N3O3. The number of anilines is 1. The van der Waals surface area contributed by atoms with Gasteiger partial charge in [0.05, 0.1) is 12.7 Å². The number of fused-ring (bicyclic) bond motifs is 1. The van der Waals surface area contributed by atoms with Gasteiger partial charge < -0.3 is 20.4 Å². The van der Waals surface area contributed by atoms with E-state index in [1.807, 2.05) is 24.3 Å². The van der Waals surface area contributed by atoms with E-state index in [4.69, 9.17) is 5.11 Å². The third-order valence-corrected chi connectivity index (χ3v) is 5.66. The second kappa shape index (κ2) is 10.2.